The Balaban J connectivity index is 2.56. The van der Waals surface area contributed by atoms with Crippen molar-refractivity contribution in [2.24, 2.45) is 5.73 Å². The number of hydrogen-bond acceptors (Lipinski definition) is 2. The molecule has 2 nitrogen and oxygen atoms in total. The normalized spacial score (nSPS) is 11.0. The Hall–Kier alpha value is -0.640. The Labute approximate surface area is 94.8 Å². The van der Waals surface area contributed by atoms with Crippen LogP contribution in [0.25, 0.3) is 0 Å². The summed E-state index contributed by atoms with van der Waals surface area (Å²) in [4.78, 5) is 2.04. The lowest BCUT2D eigenvalue weighted by Gasteiger charge is -2.16. The first-order valence-electron chi connectivity index (χ1n) is 4.96. The minimum absolute atomic E-state index is 0.248. The van der Waals surface area contributed by atoms with Gasteiger partial charge in [-0.05, 0) is 38.7 Å². The van der Waals surface area contributed by atoms with E-state index in [0.717, 1.165) is 13.0 Å². The molecule has 0 saturated carbocycles. The highest BCUT2D eigenvalue weighted by atomic mass is 35.5. The Bertz CT molecular complexity index is 317. The molecule has 0 heterocycles. The second-order valence-corrected chi connectivity index (χ2v) is 4.05. The summed E-state index contributed by atoms with van der Waals surface area (Å²) in [7, 11) is 1.95. The van der Waals surface area contributed by atoms with Crippen LogP contribution in [-0.2, 0) is 6.54 Å². The average Bonchev–Trinajstić information content (AvgIpc) is 2.19. The molecule has 15 heavy (non-hydrogen) atoms. The van der Waals surface area contributed by atoms with Gasteiger partial charge in [-0.15, -0.1) is 0 Å². The maximum atomic E-state index is 13.4. The lowest BCUT2D eigenvalue weighted by atomic mass is 10.2. The largest absolute Gasteiger partial charge is 0.330 e. The van der Waals surface area contributed by atoms with Crippen LogP contribution in [0.1, 0.15) is 12.0 Å². The maximum Gasteiger partial charge on any atom is 0.129 e. The van der Waals surface area contributed by atoms with E-state index >= 15 is 0 Å². The highest BCUT2D eigenvalue weighted by Crippen LogP contribution is 2.15. The molecule has 4 heteroatoms. The SMILES string of the molecule is CN(CCCN)Cc1ccc(Cl)cc1F. The van der Waals surface area contributed by atoms with Gasteiger partial charge in [-0.2, -0.15) is 0 Å². The van der Waals surface area contributed by atoms with Gasteiger partial charge < -0.3 is 10.6 Å². The van der Waals surface area contributed by atoms with Crippen LogP contribution in [-0.4, -0.2) is 25.0 Å². The topological polar surface area (TPSA) is 29.3 Å². The predicted molar refractivity (Wildman–Crippen MR) is 61.4 cm³/mol. The van der Waals surface area contributed by atoms with Crippen molar-refractivity contribution in [3.8, 4) is 0 Å². The number of halogens is 2. The summed E-state index contributed by atoms with van der Waals surface area (Å²) in [6.45, 7) is 2.12. The number of benzene rings is 1. The van der Waals surface area contributed by atoms with Crippen LogP contribution in [0.5, 0.6) is 0 Å². The van der Waals surface area contributed by atoms with Gasteiger partial charge in [-0.25, -0.2) is 4.39 Å². The quantitative estimate of drug-likeness (QED) is 0.841. The molecule has 2 N–H and O–H groups in total. The third-order valence-electron chi connectivity index (χ3n) is 2.20. The minimum atomic E-state index is -0.248. The van der Waals surface area contributed by atoms with E-state index in [4.69, 9.17) is 17.3 Å². The Morgan fingerprint density at radius 2 is 2.20 bits per heavy atom. The van der Waals surface area contributed by atoms with Crippen LogP contribution >= 0.6 is 11.6 Å². The van der Waals surface area contributed by atoms with Crippen LogP contribution in [0.4, 0.5) is 4.39 Å². The van der Waals surface area contributed by atoms with Crippen LogP contribution in [0.2, 0.25) is 5.02 Å². The molecular formula is C11H16ClFN2. The number of rotatable bonds is 5. The van der Waals surface area contributed by atoms with E-state index < -0.39 is 0 Å². The Morgan fingerprint density at radius 1 is 1.47 bits per heavy atom. The van der Waals surface area contributed by atoms with Crippen molar-refractivity contribution in [3.05, 3.63) is 34.6 Å². The van der Waals surface area contributed by atoms with E-state index in [1.165, 1.54) is 6.07 Å². The summed E-state index contributed by atoms with van der Waals surface area (Å²) < 4.78 is 13.4. The van der Waals surface area contributed by atoms with Gasteiger partial charge in [0.05, 0.1) is 0 Å². The van der Waals surface area contributed by atoms with Gasteiger partial charge in [0.1, 0.15) is 5.82 Å². The fraction of sp³-hybridized carbons (Fsp3) is 0.455. The van der Waals surface area contributed by atoms with Crippen molar-refractivity contribution in [3.63, 3.8) is 0 Å². The van der Waals surface area contributed by atoms with Gasteiger partial charge in [-0.3, -0.25) is 0 Å². The van der Waals surface area contributed by atoms with Crippen LogP contribution in [0.15, 0.2) is 18.2 Å². The molecule has 84 valence electrons. The summed E-state index contributed by atoms with van der Waals surface area (Å²) in [5, 5.41) is 0.431. The van der Waals surface area contributed by atoms with Crippen molar-refractivity contribution in [1.29, 1.82) is 0 Å². The molecule has 0 aliphatic heterocycles. The maximum absolute atomic E-state index is 13.4. The lowest BCUT2D eigenvalue weighted by molar-refractivity contribution is 0.319. The van der Waals surface area contributed by atoms with Crippen LogP contribution in [0, 0.1) is 5.82 Å². The summed E-state index contributed by atoms with van der Waals surface area (Å²) in [6.07, 6.45) is 0.922. The van der Waals surface area contributed by atoms with Crippen molar-refractivity contribution < 1.29 is 4.39 Å². The Morgan fingerprint density at radius 3 is 2.80 bits per heavy atom. The Kier molecular flexibility index (Phi) is 5.02. The van der Waals surface area contributed by atoms with Gasteiger partial charge >= 0.3 is 0 Å². The molecule has 0 aliphatic carbocycles. The number of nitrogens with zero attached hydrogens (tertiary/aromatic N) is 1. The van der Waals surface area contributed by atoms with E-state index in [1.807, 2.05) is 11.9 Å². The van der Waals surface area contributed by atoms with Crippen molar-refractivity contribution in [1.82, 2.24) is 4.90 Å². The number of hydrogen-bond donors (Lipinski definition) is 1. The highest BCUT2D eigenvalue weighted by Gasteiger charge is 2.05. The first kappa shape index (κ1) is 12.4. The fourth-order valence-corrected chi connectivity index (χ4v) is 1.54. The molecule has 1 aromatic rings. The van der Waals surface area contributed by atoms with E-state index in [9.17, 15) is 4.39 Å². The molecule has 0 unspecified atom stereocenters. The van der Waals surface area contributed by atoms with Crippen molar-refractivity contribution in [2.75, 3.05) is 20.1 Å². The molecule has 0 fully saturated rings. The molecule has 0 radical (unpaired) electrons. The third-order valence-corrected chi connectivity index (χ3v) is 2.43. The van der Waals surface area contributed by atoms with E-state index in [1.54, 1.807) is 12.1 Å². The summed E-state index contributed by atoms with van der Waals surface area (Å²) in [5.74, 6) is -0.248. The monoisotopic (exact) mass is 230 g/mol. The molecule has 0 bridgehead atoms. The van der Waals surface area contributed by atoms with Crippen LogP contribution in [0.3, 0.4) is 0 Å². The van der Waals surface area contributed by atoms with Gasteiger partial charge in [0, 0.05) is 17.1 Å². The smallest absolute Gasteiger partial charge is 0.129 e. The highest BCUT2D eigenvalue weighted by molar-refractivity contribution is 6.30. The molecule has 0 atom stereocenters. The molecule has 1 rings (SSSR count). The summed E-state index contributed by atoms with van der Waals surface area (Å²) in [6, 6.07) is 4.76. The molecule has 0 saturated heterocycles. The lowest BCUT2D eigenvalue weighted by Crippen LogP contribution is -2.21. The van der Waals surface area contributed by atoms with Gasteiger partial charge in [0.2, 0.25) is 0 Å². The molecule has 0 spiro atoms. The molecular weight excluding hydrogens is 215 g/mol. The van der Waals surface area contributed by atoms with Crippen molar-refractivity contribution in [2.45, 2.75) is 13.0 Å². The minimum Gasteiger partial charge on any atom is -0.330 e. The van der Waals surface area contributed by atoms with Gasteiger partial charge in [0.25, 0.3) is 0 Å². The van der Waals surface area contributed by atoms with Gasteiger partial charge in [-0.1, -0.05) is 17.7 Å². The standard InChI is InChI=1S/C11H16ClFN2/c1-15(6-2-5-14)8-9-3-4-10(12)7-11(9)13/h3-4,7H,2,5-6,8,14H2,1H3. The summed E-state index contributed by atoms with van der Waals surface area (Å²) in [5.41, 5.74) is 6.07. The zero-order chi connectivity index (χ0) is 11.3. The van der Waals surface area contributed by atoms with E-state index in [0.29, 0.717) is 23.7 Å². The first-order valence-corrected chi connectivity index (χ1v) is 5.34. The first-order chi connectivity index (χ1) is 7.13. The van der Waals surface area contributed by atoms with E-state index in [2.05, 4.69) is 0 Å². The van der Waals surface area contributed by atoms with E-state index in [-0.39, 0.29) is 5.82 Å². The molecule has 1 aromatic carbocycles. The zero-order valence-corrected chi connectivity index (χ0v) is 9.60. The third kappa shape index (κ3) is 4.16. The second-order valence-electron chi connectivity index (χ2n) is 3.62. The molecule has 0 amide bonds. The molecule has 0 aliphatic rings. The van der Waals surface area contributed by atoms with Crippen molar-refractivity contribution >= 4 is 11.6 Å². The zero-order valence-electron chi connectivity index (χ0n) is 8.84. The van der Waals surface area contributed by atoms with Crippen LogP contribution < -0.4 is 5.73 Å². The predicted octanol–water partition coefficient (Wildman–Crippen LogP) is 2.26. The summed E-state index contributed by atoms with van der Waals surface area (Å²) >= 11 is 5.67. The molecule has 0 aromatic heterocycles. The fourth-order valence-electron chi connectivity index (χ4n) is 1.38. The van der Waals surface area contributed by atoms with Gasteiger partial charge in [0.15, 0.2) is 0 Å². The number of nitrogens with two attached hydrogens (primary N) is 1. The second kappa shape index (κ2) is 6.05. The average molecular weight is 231 g/mol.